The molecule has 5 N–H and O–H groups in total. The maximum atomic E-state index is 14.0. The predicted octanol–water partition coefficient (Wildman–Crippen LogP) is -0.328. The Morgan fingerprint density at radius 2 is 1.63 bits per heavy atom. The van der Waals surface area contributed by atoms with Gasteiger partial charge >= 0.3 is 6.03 Å². The minimum Gasteiger partial charge on any atom is -0.363 e. The largest absolute Gasteiger partial charge is 0.363 e. The van der Waals surface area contributed by atoms with E-state index in [1.54, 1.807) is 20.8 Å². The van der Waals surface area contributed by atoms with E-state index in [0.717, 1.165) is 17.7 Å². The van der Waals surface area contributed by atoms with Gasteiger partial charge in [-0.2, -0.15) is 0 Å². The van der Waals surface area contributed by atoms with Crippen molar-refractivity contribution < 1.29 is 33.6 Å². The van der Waals surface area contributed by atoms with Crippen LogP contribution >= 0.6 is 0 Å². The van der Waals surface area contributed by atoms with Gasteiger partial charge in [0.2, 0.25) is 29.4 Å². The van der Waals surface area contributed by atoms with E-state index >= 15 is 0 Å². The fraction of sp³-hybridized carbons (Fsp3) is 0.750. The van der Waals surface area contributed by atoms with E-state index < -0.39 is 53.1 Å². The molecule has 13 nitrogen and oxygen atoms in total. The van der Waals surface area contributed by atoms with Crippen LogP contribution in [0, 0.1) is 28.6 Å². The quantitative estimate of drug-likeness (QED) is 0.192. The second-order valence-electron chi connectivity index (χ2n) is 13.5. The van der Waals surface area contributed by atoms with Gasteiger partial charge in [-0.3, -0.25) is 33.7 Å². The van der Waals surface area contributed by atoms with E-state index in [2.05, 4.69) is 16.0 Å². The number of amides is 7. The third-order valence-corrected chi connectivity index (χ3v) is 9.07. The molecular formula is C28H42N6O7. The monoisotopic (exact) mass is 574 g/mol. The van der Waals surface area contributed by atoms with E-state index in [-0.39, 0.29) is 60.9 Å². The van der Waals surface area contributed by atoms with Crippen molar-refractivity contribution in [2.24, 2.45) is 34.3 Å². The van der Waals surface area contributed by atoms with Crippen molar-refractivity contribution in [1.29, 1.82) is 0 Å². The fourth-order valence-electron chi connectivity index (χ4n) is 6.31. The molecule has 1 unspecified atom stereocenters. The Hall–Kier alpha value is -3.51. The topological polar surface area (TPSA) is 188 Å². The Morgan fingerprint density at radius 1 is 1.02 bits per heavy atom. The van der Waals surface area contributed by atoms with Crippen molar-refractivity contribution in [3.8, 4) is 0 Å². The smallest absolute Gasteiger partial charge is 0.315 e. The van der Waals surface area contributed by atoms with Crippen LogP contribution in [-0.4, -0.2) is 88.9 Å². The molecule has 7 amide bonds. The Morgan fingerprint density at radius 3 is 2.17 bits per heavy atom. The lowest BCUT2D eigenvalue weighted by Gasteiger charge is -2.38. The first-order valence-electron chi connectivity index (χ1n) is 14.4. The summed E-state index contributed by atoms with van der Waals surface area (Å²) in [4.78, 5) is 90.8. The van der Waals surface area contributed by atoms with E-state index in [1.165, 1.54) is 4.90 Å². The highest BCUT2D eigenvalue weighted by atomic mass is 16.2. The summed E-state index contributed by atoms with van der Waals surface area (Å²) in [5.41, 5.74) is 4.33. The number of urea groups is 1. The first-order chi connectivity index (χ1) is 19.0. The summed E-state index contributed by atoms with van der Waals surface area (Å²) >= 11 is 0. The molecule has 13 heteroatoms. The highest BCUT2D eigenvalue weighted by Gasteiger charge is 2.70. The lowest BCUT2D eigenvalue weighted by Crippen LogP contribution is -2.61. The first kappa shape index (κ1) is 30.4. The number of carbonyl (C=O) groups excluding carboxylic acids is 7. The predicted molar refractivity (Wildman–Crippen MR) is 145 cm³/mol. The third-order valence-electron chi connectivity index (χ3n) is 9.07. The minimum atomic E-state index is -1.11. The molecule has 4 rings (SSSR count). The van der Waals surface area contributed by atoms with Crippen molar-refractivity contribution in [3.05, 3.63) is 0 Å². The van der Waals surface area contributed by atoms with Gasteiger partial charge in [-0.15, -0.1) is 0 Å². The highest BCUT2D eigenvalue weighted by molar-refractivity contribution is 6.37. The highest BCUT2D eigenvalue weighted by Crippen LogP contribution is 2.65. The summed E-state index contributed by atoms with van der Waals surface area (Å²) in [7, 11) is 0. The molecule has 0 radical (unpaired) electrons. The number of hydrogen-bond donors (Lipinski definition) is 4. The van der Waals surface area contributed by atoms with Gasteiger partial charge in [0.25, 0.3) is 5.91 Å². The second-order valence-corrected chi connectivity index (χ2v) is 13.5. The zero-order chi connectivity index (χ0) is 30.4. The van der Waals surface area contributed by atoms with E-state index in [0.29, 0.717) is 13.0 Å². The fourth-order valence-corrected chi connectivity index (χ4v) is 6.31. The zero-order valence-corrected chi connectivity index (χ0v) is 24.5. The van der Waals surface area contributed by atoms with E-state index in [9.17, 15) is 33.6 Å². The van der Waals surface area contributed by atoms with Crippen LogP contribution in [0.1, 0.15) is 66.7 Å². The van der Waals surface area contributed by atoms with Crippen molar-refractivity contribution in [3.63, 3.8) is 0 Å². The Kier molecular flexibility index (Phi) is 8.21. The van der Waals surface area contributed by atoms with Gasteiger partial charge in [0.05, 0.1) is 6.04 Å². The summed E-state index contributed by atoms with van der Waals surface area (Å²) in [6, 6.07) is -3.54. The van der Waals surface area contributed by atoms with Crippen molar-refractivity contribution in [1.82, 2.24) is 25.8 Å². The average molecular weight is 575 g/mol. The molecule has 0 spiro atoms. The van der Waals surface area contributed by atoms with Crippen LogP contribution in [0.15, 0.2) is 0 Å². The van der Waals surface area contributed by atoms with Gasteiger partial charge in [0.1, 0.15) is 12.1 Å². The normalized spacial score (nSPS) is 26.2. The minimum absolute atomic E-state index is 0.0255. The van der Waals surface area contributed by atoms with Gasteiger partial charge in [-0.1, -0.05) is 47.5 Å². The summed E-state index contributed by atoms with van der Waals surface area (Å²) < 4.78 is 0. The summed E-state index contributed by atoms with van der Waals surface area (Å²) in [6.45, 7) is 9.84. The number of piperidine rings is 1. The number of hydrogen-bond acceptors (Lipinski definition) is 7. The lowest BCUT2D eigenvalue weighted by molar-refractivity contribution is -0.145. The number of carbonyl (C=O) groups is 7. The summed E-state index contributed by atoms with van der Waals surface area (Å²) in [6.07, 6.45) is 2.47. The second kappa shape index (κ2) is 11.1. The number of Topliss-reactive ketones (excluding diaryl/α,β-unsaturated/α-hetero) is 1. The molecule has 2 aliphatic carbocycles. The number of nitrogens with two attached hydrogens (primary N) is 1. The summed E-state index contributed by atoms with van der Waals surface area (Å²) in [5.74, 6) is -3.28. The van der Waals surface area contributed by atoms with Crippen molar-refractivity contribution in [2.45, 2.75) is 84.8 Å². The molecule has 0 aromatic carbocycles. The zero-order valence-electron chi connectivity index (χ0n) is 24.5. The maximum Gasteiger partial charge on any atom is 0.315 e. The SMILES string of the molecule is CC(C)(C)[C@H](NC(=O)NCCN1C(=O)CCC1=O)C(=O)N1C[C@H]2[C@@H]([C@H]1C(=O)NC(CC1CC1)C(=O)C(N)=O)C2(C)C. The first-order valence-corrected chi connectivity index (χ1v) is 14.4. The number of likely N-dealkylation sites (tertiary alicyclic amines) is 2. The molecule has 226 valence electrons. The van der Waals surface area contributed by atoms with Crippen molar-refractivity contribution in [2.75, 3.05) is 19.6 Å². The summed E-state index contributed by atoms with van der Waals surface area (Å²) in [5, 5.41) is 8.06. The molecule has 2 heterocycles. The van der Waals surface area contributed by atoms with Crippen LogP contribution in [0.3, 0.4) is 0 Å². The molecule has 4 fully saturated rings. The Bertz CT molecular complexity index is 1140. The molecule has 41 heavy (non-hydrogen) atoms. The van der Waals surface area contributed by atoms with Crippen LogP contribution < -0.4 is 21.7 Å². The molecule has 2 saturated heterocycles. The molecule has 2 aliphatic heterocycles. The lowest BCUT2D eigenvalue weighted by atomic mass is 9.85. The average Bonchev–Trinajstić information content (AvgIpc) is 3.68. The molecule has 4 aliphatic rings. The Balaban J connectivity index is 1.45. The molecule has 2 saturated carbocycles. The van der Waals surface area contributed by atoms with Gasteiger partial charge < -0.3 is 26.6 Å². The molecular weight excluding hydrogens is 532 g/mol. The Labute approximate surface area is 239 Å². The van der Waals surface area contributed by atoms with Gasteiger partial charge in [0, 0.05) is 32.5 Å². The number of nitrogens with zero attached hydrogens (tertiary/aromatic N) is 2. The molecule has 5 atom stereocenters. The van der Waals surface area contributed by atoms with Crippen molar-refractivity contribution >= 4 is 41.4 Å². The maximum absolute atomic E-state index is 14.0. The van der Waals surface area contributed by atoms with E-state index in [4.69, 9.17) is 5.73 Å². The van der Waals surface area contributed by atoms with Crippen LogP contribution in [0.2, 0.25) is 0 Å². The number of imide groups is 1. The van der Waals surface area contributed by atoms with Gasteiger partial charge in [0.15, 0.2) is 0 Å². The van der Waals surface area contributed by atoms with Crippen LogP contribution in [0.25, 0.3) is 0 Å². The van der Waals surface area contributed by atoms with Gasteiger partial charge in [-0.25, -0.2) is 4.79 Å². The standard InChI is InChI=1S/C28H42N6O7/c1-27(2,3)22(32-26(41)30-10-11-33-17(35)8-9-18(33)36)25(40)34-13-15-19(28(15,4)5)20(34)24(39)31-16(12-14-6-7-14)21(37)23(29)38/h14-16,19-20,22H,6-13H2,1-5H3,(H2,29,38)(H,31,39)(H2,30,32,41)/t15-,16?,19-,20-,22+/m0/s1. The molecule has 0 aromatic heterocycles. The third kappa shape index (κ3) is 6.38. The number of primary amides is 1. The van der Waals surface area contributed by atoms with Crippen LogP contribution in [-0.2, 0) is 28.8 Å². The number of nitrogens with one attached hydrogen (secondary N) is 3. The number of ketones is 1. The molecule has 0 aromatic rings. The van der Waals surface area contributed by atoms with Crippen LogP contribution in [0.4, 0.5) is 4.79 Å². The van der Waals surface area contributed by atoms with E-state index in [1.807, 2.05) is 13.8 Å². The number of fused-ring (bicyclic) bond motifs is 1. The molecule has 0 bridgehead atoms. The number of rotatable bonds is 11. The van der Waals surface area contributed by atoms with Gasteiger partial charge in [-0.05, 0) is 35.0 Å². The van der Waals surface area contributed by atoms with Crippen LogP contribution in [0.5, 0.6) is 0 Å².